The van der Waals surface area contributed by atoms with Gasteiger partial charge in [-0.1, -0.05) is 19.3 Å². The zero-order valence-electron chi connectivity index (χ0n) is 12.0. The lowest BCUT2D eigenvalue weighted by Crippen LogP contribution is -2.13. The summed E-state index contributed by atoms with van der Waals surface area (Å²) in [5.41, 5.74) is 1.57. The summed E-state index contributed by atoms with van der Waals surface area (Å²) in [6.45, 7) is 0.578. The average Bonchev–Trinajstić information content (AvgIpc) is 2.52. The Morgan fingerprint density at radius 2 is 1.70 bits per heavy atom. The maximum Gasteiger partial charge on any atom is 0.147 e. The summed E-state index contributed by atoms with van der Waals surface area (Å²) in [5, 5.41) is 0. The van der Waals surface area contributed by atoms with E-state index in [1.807, 2.05) is 0 Å². The highest BCUT2D eigenvalue weighted by atomic mass is 19.1. The molecule has 0 aromatic rings. The van der Waals surface area contributed by atoms with E-state index in [1.54, 1.807) is 6.08 Å². The number of hydrogen-bond acceptors (Lipinski definition) is 1. The molecule has 2 saturated carbocycles. The van der Waals surface area contributed by atoms with Crippen LogP contribution in [-0.4, -0.2) is 6.61 Å². The molecule has 1 nitrogen and oxygen atoms in total. The topological polar surface area (TPSA) is 9.23 Å². The van der Waals surface area contributed by atoms with Gasteiger partial charge in [0.05, 0.1) is 12.9 Å². The van der Waals surface area contributed by atoms with Crippen LogP contribution in [0.5, 0.6) is 0 Å². The number of allylic oxidation sites excluding steroid dienone is 3. The molecular weight excluding hydrogens is 258 g/mol. The maximum atomic E-state index is 13.0. The van der Waals surface area contributed by atoms with Gasteiger partial charge in [-0.05, 0) is 61.7 Å². The van der Waals surface area contributed by atoms with Crippen molar-refractivity contribution in [1.82, 2.24) is 0 Å². The van der Waals surface area contributed by atoms with Gasteiger partial charge in [0, 0.05) is 0 Å². The molecule has 0 aromatic carbocycles. The molecule has 2 fully saturated rings. The normalized spacial score (nSPS) is 26.2. The van der Waals surface area contributed by atoms with Crippen molar-refractivity contribution in [3.05, 3.63) is 35.6 Å². The summed E-state index contributed by atoms with van der Waals surface area (Å²) in [7, 11) is 0. The SMILES string of the molecule is F/C=C(/C=C1/CCCC/C1=C\F)OCC1CCCCC1. The third-order valence-corrected chi connectivity index (χ3v) is 4.32. The van der Waals surface area contributed by atoms with Crippen LogP contribution in [0, 0.1) is 5.92 Å². The monoisotopic (exact) mass is 282 g/mol. The molecule has 20 heavy (non-hydrogen) atoms. The minimum atomic E-state index is 0.242. The molecule has 2 aliphatic carbocycles. The Kier molecular flexibility index (Phi) is 6.28. The predicted molar refractivity (Wildman–Crippen MR) is 77.5 cm³/mol. The molecule has 2 aliphatic rings. The lowest BCUT2D eigenvalue weighted by Gasteiger charge is -2.22. The van der Waals surface area contributed by atoms with Crippen molar-refractivity contribution in [2.45, 2.75) is 57.8 Å². The molecule has 0 N–H and O–H groups in total. The molecule has 0 aromatic heterocycles. The van der Waals surface area contributed by atoms with Crippen LogP contribution in [-0.2, 0) is 4.74 Å². The van der Waals surface area contributed by atoms with Crippen LogP contribution in [0.15, 0.2) is 35.6 Å². The molecule has 0 spiro atoms. The Morgan fingerprint density at radius 3 is 2.35 bits per heavy atom. The number of ether oxygens (including phenoxy) is 1. The van der Waals surface area contributed by atoms with Crippen molar-refractivity contribution in [2.75, 3.05) is 6.61 Å². The van der Waals surface area contributed by atoms with Crippen LogP contribution in [0.25, 0.3) is 0 Å². The molecule has 0 heterocycles. The van der Waals surface area contributed by atoms with Crippen LogP contribution in [0.1, 0.15) is 57.8 Å². The maximum absolute atomic E-state index is 13.0. The van der Waals surface area contributed by atoms with Crippen molar-refractivity contribution in [3.63, 3.8) is 0 Å². The van der Waals surface area contributed by atoms with E-state index in [4.69, 9.17) is 4.74 Å². The van der Waals surface area contributed by atoms with Gasteiger partial charge in [0.15, 0.2) is 0 Å². The van der Waals surface area contributed by atoms with E-state index in [9.17, 15) is 8.78 Å². The fraction of sp³-hybridized carbons (Fsp3) is 0.647. The smallest absolute Gasteiger partial charge is 0.147 e. The van der Waals surface area contributed by atoms with Crippen LogP contribution in [0.3, 0.4) is 0 Å². The molecule has 2 rings (SSSR count). The van der Waals surface area contributed by atoms with Crippen LogP contribution < -0.4 is 0 Å². The van der Waals surface area contributed by atoms with E-state index < -0.39 is 0 Å². The number of hydrogen-bond donors (Lipinski definition) is 0. The minimum Gasteiger partial charge on any atom is -0.491 e. The van der Waals surface area contributed by atoms with Crippen LogP contribution in [0.4, 0.5) is 8.78 Å². The van der Waals surface area contributed by atoms with Crippen molar-refractivity contribution >= 4 is 0 Å². The summed E-state index contributed by atoms with van der Waals surface area (Å²) < 4.78 is 31.3. The quantitative estimate of drug-likeness (QED) is 0.597. The Labute approximate surface area is 120 Å². The highest BCUT2D eigenvalue weighted by molar-refractivity contribution is 5.35. The van der Waals surface area contributed by atoms with Gasteiger partial charge in [-0.2, -0.15) is 0 Å². The summed E-state index contributed by atoms with van der Waals surface area (Å²) in [6.07, 6.45) is 12.6. The summed E-state index contributed by atoms with van der Waals surface area (Å²) in [4.78, 5) is 0. The lowest BCUT2D eigenvalue weighted by atomic mass is 9.89. The third kappa shape index (κ3) is 4.46. The second kappa shape index (κ2) is 8.23. The molecule has 0 unspecified atom stereocenters. The second-order valence-corrected chi connectivity index (χ2v) is 5.84. The highest BCUT2D eigenvalue weighted by Crippen LogP contribution is 2.30. The zero-order valence-corrected chi connectivity index (χ0v) is 12.0. The van der Waals surface area contributed by atoms with Crippen molar-refractivity contribution in [1.29, 1.82) is 0 Å². The fourth-order valence-electron chi connectivity index (χ4n) is 3.09. The lowest BCUT2D eigenvalue weighted by molar-refractivity contribution is 0.146. The molecule has 3 heteroatoms. The fourth-order valence-corrected chi connectivity index (χ4v) is 3.09. The van der Waals surface area contributed by atoms with Crippen LogP contribution >= 0.6 is 0 Å². The van der Waals surface area contributed by atoms with Gasteiger partial charge in [0.1, 0.15) is 12.1 Å². The van der Waals surface area contributed by atoms with Gasteiger partial charge in [-0.15, -0.1) is 0 Å². The minimum absolute atomic E-state index is 0.242. The Hall–Kier alpha value is -1.12. The van der Waals surface area contributed by atoms with Crippen molar-refractivity contribution < 1.29 is 13.5 Å². The van der Waals surface area contributed by atoms with Crippen LogP contribution in [0.2, 0.25) is 0 Å². The van der Waals surface area contributed by atoms with Gasteiger partial charge < -0.3 is 4.74 Å². The molecule has 0 amide bonds. The molecule has 0 radical (unpaired) electrons. The van der Waals surface area contributed by atoms with Gasteiger partial charge >= 0.3 is 0 Å². The molecular formula is C17H24F2O. The van der Waals surface area contributed by atoms with E-state index in [2.05, 4.69) is 0 Å². The number of halogens is 2. The predicted octanol–water partition coefficient (Wildman–Crippen LogP) is 5.75. The Balaban J connectivity index is 1.90. The summed E-state index contributed by atoms with van der Waals surface area (Å²) in [5.74, 6) is 0.784. The largest absolute Gasteiger partial charge is 0.491 e. The first-order valence-electron chi connectivity index (χ1n) is 7.77. The van der Waals surface area contributed by atoms with Crippen molar-refractivity contribution in [3.8, 4) is 0 Å². The molecule has 0 aliphatic heterocycles. The van der Waals surface area contributed by atoms with Gasteiger partial charge in [-0.25, -0.2) is 8.78 Å². The first-order valence-corrected chi connectivity index (χ1v) is 7.77. The zero-order chi connectivity index (χ0) is 14.2. The first-order chi connectivity index (χ1) is 9.83. The molecule has 0 bridgehead atoms. The Morgan fingerprint density at radius 1 is 1.00 bits per heavy atom. The second-order valence-electron chi connectivity index (χ2n) is 5.84. The molecule has 0 atom stereocenters. The summed E-state index contributed by atoms with van der Waals surface area (Å²) in [6, 6.07) is 0. The Bertz CT molecular complexity index is 390. The number of rotatable bonds is 4. The van der Waals surface area contributed by atoms with Gasteiger partial charge in [-0.3, -0.25) is 0 Å². The third-order valence-electron chi connectivity index (χ3n) is 4.32. The standard InChI is InChI=1S/C17H24F2O/c18-11-16-9-5-4-8-15(16)10-17(12-19)20-13-14-6-2-1-3-7-14/h10-12,14H,1-9,13H2/b15-10-,16-11+,17-12-. The van der Waals surface area contributed by atoms with E-state index in [0.717, 1.165) is 31.3 Å². The van der Waals surface area contributed by atoms with Gasteiger partial charge in [0.25, 0.3) is 0 Å². The molecule has 0 saturated heterocycles. The van der Waals surface area contributed by atoms with E-state index >= 15 is 0 Å². The molecule has 112 valence electrons. The summed E-state index contributed by atoms with van der Waals surface area (Å²) >= 11 is 0. The van der Waals surface area contributed by atoms with E-state index in [0.29, 0.717) is 30.8 Å². The van der Waals surface area contributed by atoms with Crippen molar-refractivity contribution in [2.24, 2.45) is 5.92 Å². The highest BCUT2D eigenvalue weighted by Gasteiger charge is 2.16. The van der Waals surface area contributed by atoms with Gasteiger partial charge in [0.2, 0.25) is 0 Å². The van der Waals surface area contributed by atoms with E-state index in [1.165, 1.54) is 32.1 Å². The van der Waals surface area contributed by atoms with E-state index in [-0.39, 0.29) is 5.76 Å². The average molecular weight is 282 g/mol. The first kappa shape index (κ1) is 15.3.